The van der Waals surface area contributed by atoms with Gasteiger partial charge in [-0.2, -0.15) is 0 Å². The molecular weight excluding hydrogens is 472 g/mol. The number of urea groups is 1. The first-order valence-corrected chi connectivity index (χ1v) is 11.0. The number of halogens is 4. The van der Waals surface area contributed by atoms with E-state index in [4.69, 9.17) is 11.6 Å². The van der Waals surface area contributed by atoms with E-state index < -0.39 is 17.9 Å². The summed E-state index contributed by atoms with van der Waals surface area (Å²) in [5.74, 6) is 3.43. The van der Waals surface area contributed by atoms with Gasteiger partial charge in [0.1, 0.15) is 0 Å². The smallest absolute Gasteiger partial charge is 0.403 e. The summed E-state index contributed by atoms with van der Waals surface area (Å²) in [5, 5.41) is 2.76. The Bertz CT molecular complexity index is 968. The van der Waals surface area contributed by atoms with Crippen LogP contribution in [0.1, 0.15) is 18.4 Å². The zero-order valence-electron chi connectivity index (χ0n) is 18.9. The van der Waals surface area contributed by atoms with Crippen molar-refractivity contribution in [3.05, 3.63) is 47.6 Å². The lowest BCUT2D eigenvalue weighted by molar-refractivity contribution is -0.275. The fraction of sp³-hybridized carbons (Fsp3) is 0.455. The summed E-state index contributed by atoms with van der Waals surface area (Å²) in [6.45, 7) is 2.36. The number of fused-ring (bicyclic) bond motifs is 1. The van der Waals surface area contributed by atoms with E-state index in [0.29, 0.717) is 31.9 Å². The molecule has 1 aromatic rings. The first-order valence-electron chi connectivity index (χ1n) is 11.0. The third-order valence-corrected chi connectivity index (χ3v) is 6.13. The molecule has 2 saturated heterocycles. The Morgan fingerprint density at radius 2 is 1.80 bits per heavy atom. The number of likely N-dealkylation sites (tertiary alicyclic amines) is 2. The first-order chi connectivity index (χ1) is 16.6. The number of alkyl halides is 3. The molecule has 1 aromatic carbocycles. The molecule has 0 aromatic heterocycles. The molecule has 192 valence electrons. The van der Waals surface area contributed by atoms with Crippen LogP contribution in [0.25, 0.3) is 6.08 Å². The average Bonchev–Trinajstić information content (AvgIpc) is 3.11. The molecule has 0 radical (unpaired) electrons. The quantitative estimate of drug-likeness (QED) is 0.205. The predicted molar refractivity (Wildman–Crippen MR) is 119 cm³/mol. The van der Waals surface area contributed by atoms with Crippen molar-refractivity contribution >= 4 is 18.0 Å². The van der Waals surface area contributed by atoms with Gasteiger partial charge in [-0.15, -0.1) is 13.2 Å². The SMILES string of the molecule is N/C=C(/CNC(=O)N1CC2CCN(C(=O)/C=C/c3ccc(OC(F)(F)F)c(F)c3)CCC2C1)NN. The van der Waals surface area contributed by atoms with Gasteiger partial charge in [0.05, 0.1) is 12.2 Å². The number of ether oxygens (including phenoxy) is 1. The average molecular weight is 500 g/mol. The molecule has 2 aliphatic heterocycles. The third-order valence-electron chi connectivity index (χ3n) is 6.13. The molecule has 13 heteroatoms. The van der Waals surface area contributed by atoms with Gasteiger partial charge < -0.3 is 31.0 Å². The number of nitrogens with one attached hydrogen (secondary N) is 2. The maximum Gasteiger partial charge on any atom is 0.573 e. The second-order valence-corrected chi connectivity index (χ2v) is 8.39. The maximum atomic E-state index is 13.9. The highest BCUT2D eigenvalue weighted by molar-refractivity contribution is 5.91. The standard InChI is InChI=1S/C22H28F4N6O3/c23-18-9-14(1-3-19(18)35-22(24,25)26)2-4-20(33)31-7-5-15-12-32(13-16(15)6-8-31)21(34)29-11-17(10-27)30-28/h1-4,9-10,15-16,30H,5-8,11-13,27-28H2,(H,29,34)/b4-2+,17-10-. The Kier molecular flexibility index (Phi) is 8.43. The van der Waals surface area contributed by atoms with Crippen LogP contribution in [0.2, 0.25) is 0 Å². The van der Waals surface area contributed by atoms with Crippen LogP contribution in [-0.4, -0.2) is 60.8 Å². The zero-order valence-corrected chi connectivity index (χ0v) is 18.9. The highest BCUT2D eigenvalue weighted by Gasteiger charge is 2.37. The normalized spacial score (nSPS) is 21.0. The van der Waals surface area contributed by atoms with Gasteiger partial charge in [0.15, 0.2) is 11.6 Å². The van der Waals surface area contributed by atoms with Crippen molar-refractivity contribution in [2.24, 2.45) is 23.4 Å². The molecule has 6 N–H and O–H groups in total. The lowest BCUT2D eigenvalue weighted by atomic mass is 9.92. The van der Waals surface area contributed by atoms with E-state index in [2.05, 4.69) is 15.5 Å². The minimum atomic E-state index is -4.99. The van der Waals surface area contributed by atoms with Crippen LogP contribution in [0.3, 0.4) is 0 Å². The second kappa shape index (κ2) is 11.3. The Morgan fingerprint density at radius 1 is 1.14 bits per heavy atom. The van der Waals surface area contributed by atoms with Crippen molar-refractivity contribution in [3.63, 3.8) is 0 Å². The van der Waals surface area contributed by atoms with Crippen molar-refractivity contribution in [2.45, 2.75) is 19.2 Å². The number of rotatable bonds is 6. The van der Waals surface area contributed by atoms with Crippen LogP contribution in [0.15, 0.2) is 36.2 Å². The lowest BCUT2D eigenvalue weighted by Gasteiger charge is -2.21. The van der Waals surface area contributed by atoms with Gasteiger partial charge in [0.25, 0.3) is 0 Å². The van der Waals surface area contributed by atoms with Gasteiger partial charge in [-0.05, 0) is 48.4 Å². The van der Waals surface area contributed by atoms with Crippen molar-refractivity contribution < 1.29 is 31.9 Å². The third kappa shape index (κ3) is 7.25. The summed E-state index contributed by atoms with van der Waals surface area (Å²) in [5.41, 5.74) is 8.52. The topological polar surface area (TPSA) is 126 Å². The second-order valence-electron chi connectivity index (χ2n) is 8.39. The molecule has 2 aliphatic rings. The van der Waals surface area contributed by atoms with Crippen molar-refractivity contribution in [2.75, 3.05) is 32.7 Å². The minimum Gasteiger partial charge on any atom is -0.403 e. The molecule has 2 atom stereocenters. The number of amides is 3. The van der Waals surface area contributed by atoms with Gasteiger partial charge in [-0.1, -0.05) is 6.07 Å². The number of hydrazine groups is 1. The molecule has 0 saturated carbocycles. The monoisotopic (exact) mass is 500 g/mol. The number of nitrogens with zero attached hydrogens (tertiary/aromatic N) is 2. The summed E-state index contributed by atoms with van der Waals surface area (Å²) in [6.07, 6.45) is 0.360. The van der Waals surface area contributed by atoms with Crippen molar-refractivity contribution in [1.82, 2.24) is 20.5 Å². The van der Waals surface area contributed by atoms with Crippen LogP contribution in [-0.2, 0) is 4.79 Å². The Morgan fingerprint density at radius 3 is 2.34 bits per heavy atom. The molecular formula is C22H28F4N6O3. The van der Waals surface area contributed by atoms with E-state index in [1.165, 1.54) is 24.4 Å². The predicted octanol–water partition coefficient (Wildman–Crippen LogP) is 1.88. The van der Waals surface area contributed by atoms with Crippen molar-refractivity contribution in [3.8, 4) is 5.75 Å². The van der Waals surface area contributed by atoms with Crippen LogP contribution in [0, 0.1) is 17.7 Å². The number of carbonyl (C=O) groups excluding carboxylic acids is 2. The Hall–Kier alpha value is -3.48. The summed E-state index contributed by atoms with van der Waals surface area (Å²) >= 11 is 0. The van der Waals surface area contributed by atoms with Crippen LogP contribution in [0.5, 0.6) is 5.75 Å². The summed E-state index contributed by atoms with van der Waals surface area (Å²) in [7, 11) is 0. The molecule has 0 aliphatic carbocycles. The van der Waals surface area contributed by atoms with Crippen LogP contribution in [0.4, 0.5) is 22.4 Å². The van der Waals surface area contributed by atoms with E-state index in [0.717, 1.165) is 25.0 Å². The molecule has 2 unspecified atom stereocenters. The van der Waals surface area contributed by atoms with Crippen LogP contribution < -0.4 is 27.1 Å². The zero-order chi connectivity index (χ0) is 25.6. The van der Waals surface area contributed by atoms with E-state index in [9.17, 15) is 27.2 Å². The first kappa shape index (κ1) is 26.1. The molecule has 3 amide bonds. The highest BCUT2D eigenvalue weighted by Crippen LogP contribution is 2.32. The summed E-state index contributed by atoms with van der Waals surface area (Å²) < 4.78 is 54.2. The van der Waals surface area contributed by atoms with Gasteiger partial charge in [0, 0.05) is 38.5 Å². The minimum absolute atomic E-state index is 0.189. The Labute approximate surface area is 199 Å². The van der Waals surface area contributed by atoms with Crippen molar-refractivity contribution in [1.29, 1.82) is 0 Å². The Balaban J connectivity index is 1.50. The number of hydrogen-bond donors (Lipinski definition) is 4. The summed E-state index contributed by atoms with van der Waals surface area (Å²) in [6, 6.07) is 2.76. The molecule has 9 nitrogen and oxygen atoms in total. The highest BCUT2D eigenvalue weighted by atomic mass is 19.4. The van der Waals surface area contributed by atoms with E-state index in [1.807, 2.05) is 0 Å². The number of benzene rings is 1. The van der Waals surface area contributed by atoms with Gasteiger partial charge in [0.2, 0.25) is 5.91 Å². The maximum absolute atomic E-state index is 13.9. The van der Waals surface area contributed by atoms with E-state index in [1.54, 1.807) is 9.80 Å². The lowest BCUT2D eigenvalue weighted by Crippen LogP contribution is -2.42. The molecule has 0 spiro atoms. The molecule has 2 fully saturated rings. The number of carbonyl (C=O) groups is 2. The number of hydrogen-bond acceptors (Lipinski definition) is 6. The molecule has 3 rings (SSSR count). The molecule has 2 heterocycles. The fourth-order valence-electron chi connectivity index (χ4n) is 4.28. The number of nitrogens with two attached hydrogens (primary N) is 2. The molecule has 35 heavy (non-hydrogen) atoms. The van der Waals surface area contributed by atoms with Gasteiger partial charge >= 0.3 is 12.4 Å². The van der Waals surface area contributed by atoms with Gasteiger partial charge in [-0.3, -0.25) is 10.6 Å². The van der Waals surface area contributed by atoms with Crippen LogP contribution >= 0.6 is 0 Å². The fourth-order valence-corrected chi connectivity index (χ4v) is 4.28. The van der Waals surface area contributed by atoms with E-state index in [-0.39, 0.29) is 35.9 Å². The molecule has 0 bridgehead atoms. The van der Waals surface area contributed by atoms with Gasteiger partial charge in [-0.25, -0.2) is 9.18 Å². The largest absolute Gasteiger partial charge is 0.573 e. The summed E-state index contributed by atoms with van der Waals surface area (Å²) in [4.78, 5) is 28.5. The van der Waals surface area contributed by atoms with E-state index >= 15 is 0 Å².